The maximum absolute atomic E-state index is 11.2. The third kappa shape index (κ3) is 2.70. The van der Waals surface area contributed by atoms with Crippen LogP contribution in [0, 0.1) is 0 Å². The number of nitrogens with two attached hydrogens (primary N) is 1. The lowest BCUT2D eigenvalue weighted by Gasteiger charge is -2.19. The number of rotatable bonds is 3. The van der Waals surface area contributed by atoms with Crippen molar-refractivity contribution in [2.75, 3.05) is 6.54 Å². The number of hydrazine groups is 1. The summed E-state index contributed by atoms with van der Waals surface area (Å²) in [5, 5.41) is 0. The highest BCUT2D eigenvalue weighted by Gasteiger charge is 2.09. The molecule has 0 aliphatic rings. The van der Waals surface area contributed by atoms with E-state index in [1.807, 2.05) is 19.1 Å². The SMILES string of the molecule is CCN(Cc1ccncc1)C(=O)NN. The molecule has 0 bridgehead atoms. The zero-order valence-corrected chi connectivity index (χ0v) is 8.10. The molecule has 1 rings (SSSR count). The summed E-state index contributed by atoms with van der Waals surface area (Å²) >= 11 is 0. The van der Waals surface area contributed by atoms with Gasteiger partial charge in [0, 0.05) is 25.5 Å². The smallest absolute Gasteiger partial charge is 0.320 e. The Morgan fingerprint density at radius 3 is 2.71 bits per heavy atom. The Bertz CT molecular complexity index is 288. The van der Waals surface area contributed by atoms with Crippen molar-refractivity contribution in [3.05, 3.63) is 30.1 Å². The first-order valence-corrected chi connectivity index (χ1v) is 4.42. The van der Waals surface area contributed by atoms with E-state index in [4.69, 9.17) is 5.84 Å². The maximum Gasteiger partial charge on any atom is 0.331 e. The zero-order valence-electron chi connectivity index (χ0n) is 8.10. The lowest BCUT2D eigenvalue weighted by molar-refractivity contribution is 0.198. The Morgan fingerprint density at radius 2 is 2.21 bits per heavy atom. The van der Waals surface area contributed by atoms with Crippen molar-refractivity contribution in [2.24, 2.45) is 5.84 Å². The van der Waals surface area contributed by atoms with Crippen LogP contribution in [0.5, 0.6) is 0 Å². The first kappa shape index (κ1) is 10.5. The fourth-order valence-corrected chi connectivity index (χ4v) is 1.13. The Hall–Kier alpha value is -1.62. The third-order valence-corrected chi connectivity index (χ3v) is 1.92. The number of hydrogen-bond donors (Lipinski definition) is 2. The number of urea groups is 1. The third-order valence-electron chi connectivity index (χ3n) is 1.92. The van der Waals surface area contributed by atoms with Gasteiger partial charge in [-0.05, 0) is 24.6 Å². The average Bonchev–Trinajstić information content (AvgIpc) is 2.26. The predicted molar refractivity (Wildman–Crippen MR) is 53.0 cm³/mol. The molecule has 0 saturated heterocycles. The van der Waals surface area contributed by atoms with E-state index in [2.05, 4.69) is 10.4 Å². The fourth-order valence-electron chi connectivity index (χ4n) is 1.13. The topological polar surface area (TPSA) is 71.2 Å². The van der Waals surface area contributed by atoms with Gasteiger partial charge in [-0.3, -0.25) is 10.4 Å². The van der Waals surface area contributed by atoms with Gasteiger partial charge < -0.3 is 4.90 Å². The largest absolute Gasteiger partial charge is 0.331 e. The van der Waals surface area contributed by atoms with Gasteiger partial charge in [-0.15, -0.1) is 0 Å². The second kappa shape index (κ2) is 5.18. The van der Waals surface area contributed by atoms with E-state index in [1.54, 1.807) is 17.3 Å². The molecule has 14 heavy (non-hydrogen) atoms. The molecule has 0 saturated carbocycles. The molecule has 3 N–H and O–H groups in total. The number of carbonyl (C=O) groups excluding carboxylic acids is 1. The summed E-state index contributed by atoms with van der Waals surface area (Å²) in [5.41, 5.74) is 3.14. The molecule has 1 heterocycles. The summed E-state index contributed by atoms with van der Waals surface area (Å²) in [4.78, 5) is 16.7. The Kier molecular flexibility index (Phi) is 3.87. The van der Waals surface area contributed by atoms with Crippen molar-refractivity contribution in [1.29, 1.82) is 0 Å². The number of amides is 2. The molecule has 1 aromatic heterocycles. The first-order chi connectivity index (χ1) is 6.77. The van der Waals surface area contributed by atoms with Crippen LogP contribution in [0.1, 0.15) is 12.5 Å². The highest BCUT2D eigenvalue weighted by Crippen LogP contribution is 2.02. The quantitative estimate of drug-likeness (QED) is 0.418. The number of aromatic nitrogens is 1. The maximum atomic E-state index is 11.2. The van der Waals surface area contributed by atoms with Gasteiger partial charge in [-0.1, -0.05) is 0 Å². The van der Waals surface area contributed by atoms with Crippen LogP contribution in [0.4, 0.5) is 4.79 Å². The molecular formula is C9H14N4O. The molecule has 0 spiro atoms. The summed E-state index contributed by atoms with van der Waals surface area (Å²) < 4.78 is 0. The van der Waals surface area contributed by atoms with Crippen LogP contribution < -0.4 is 11.3 Å². The molecule has 5 heteroatoms. The van der Waals surface area contributed by atoms with E-state index < -0.39 is 0 Å². The van der Waals surface area contributed by atoms with Crippen LogP contribution in [-0.2, 0) is 6.54 Å². The Morgan fingerprint density at radius 1 is 1.57 bits per heavy atom. The summed E-state index contributed by atoms with van der Waals surface area (Å²) in [6.45, 7) is 3.06. The Labute approximate surface area is 82.9 Å². The highest BCUT2D eigenvalue weighted by atomic mass is 16.2. The number of nitrogens with zero attached hydrogens (tertiary/aromatic N) is 2. The normalized spacial score (nSPS) is 9.57. The molecule has 0 fully saturated rings. The first-order valence-electron chi connectivity index (χ1n) is 4.42. The van der Waals surface area contributed by atoms with Gasteiger partial charge in [-0.2, -0.15) is 0 Å². The van der Waals surface area contributed by atoms with E-state index >= 15 is 0 Å². The van der Waals surface area contributed by atoms with Crippen LogP contribution in [0.3, 0.4) is 0 Å². The van der Waals surface area contributed by atoms with Crippen LogP contribution in [0.2, 0.25) is 0 Å². The lowest BCUT2D eigenvalue weighted by atomic mass is 10.2. The molecular weight excluding hydrogens is 180 g/mol. The van der Waals surface area contributed by atoms with E-state index in [0.717, 1.165) is 5.56 Å². The molecule has 0 unspecified atom stereocenters. The minimum Gasteiger partial charge on any atom is -0.320 e. The summed E-state index contributed by atoms with van der Waals surface area (Å²) in [5.74, 6) is 5.05. The van der Waals surface area contributed by atoms with Gasteiger partial charge >= 0.3 is 6.03 Å². The molecule has 2 amide bonds. The van der Waals surface area contributed by atoms with Gasteiger partial charge in [0.15, 0.2) is 0 Å². The zero-order chi connectivity index (χ0) is 10.4. The van der Waals surface area contributed by atoms with E-state index in [9.17, 15) is 4.79 Å². The summed E-state index contributed by atoms with van der Waals surface area (Å²) in [6, 6.07) is 3.46. The van der Waals surface area contributed by atoms with Crippen molar-refractivity contribution in [1.82, 2.24) is 15.3 Å². The van der Waals surface area contributed by atoms with E-state index in [-0.39, 0.29) is 6.03 Å². The lowest BCUT2D eigenvalue weighted by Crippen LogP contribution is -2.42. The second-order valence-electron chi connectivity index (χ2n) is 2.82. The number of carbonyl (C=O) groups is 1. The number of nitrogens with one attached hydrogen (secondary N) is 1. The van der Waals surface area contributed by atoms with Gasteiger partial charge in [0.1, 0.15) is 0 Å². The highest BCUT2D eigenvalue weighted by molar-refractivity contribution is 5.73. The number of pyridine rings is 1. The van der Waals surface area contributed by atoms with E-state index in [1.165, 1.54) is 0 Å². The van der Waals surface area contributed by atoms with Crippen molar-refractivity contribution in [3.63, 3.8) is 0 Å². The van der Waals surface area contributed by atoms with Gasteiger partial charge in [0.2, 0.25) is 0 Å². The molecule has 0 atom stereocenters. The Balaban J connectivity index is 2.62. The molecule has 76 valence electrons. The van der Waals surface area contributed by atoms with Gasteiger partial charge in [0.05, 0.1) is 0 Å². The molecule has 5 nitrogen and oxygen atoms in total. The fraction of sp³-hybridized carbons (Fsp3) is 0.333. The average molecular weight is 194 g/mol. The summed E-state index contributed by atoms with van der Waals surface area (Å²) in [7, 11) is 0. The van der Waals surface area contributed by atoms with Crippen molar-refractivity contribution in [3.8, 4) is 0 Å². The van der Waals surface area contributed by atoms with Crippen molar-refractivity contribution < 1.29 is 4.79 Å². The standard InChI is InChI=1S/C9H14N4O/c1-2-13(9(14)12-10)7-8-3-5-11-6-4-8/h3-6H,2,7,10H2,1H3,(H,12,14). The number of hydrogen-bond acceptors (Lipinski definition) is 3. The van der Waals surface area contributed by atoms with Crippen LogP contribution in [0.25, 0.3) is 0 Å². The van der Waals surface area contributed by atoms with Crippen LogP contribution in [0.15, 0.2) is 24.5 Å². The van der Waals surface area contributed by atoms with Crippen molar-refractivity contribution >= 4 is 6.03 Å². The summed E-state index contributed by atoms with van der Waals surface area (Å²) in [6.07, 6.45) is 3.40. The van der Waals surface area contributed by atoms with Crippen molar-refractivity contribution in [2.45, 2.75) is 13.5 Å². The minimum atomic E-state index is -0.274. The van der Waals surface area contributed by atoms with Crippen LogP contribution >= 0.6 is 0 Å². The molecule has 0 aromatic carbocycles. The molecule has 0 aliphatic heterocycles. The molecule has 0 radical (unpaired) electrons. The van der Waals surface area contributed by atoms with Gasteiger partial charge in [-0.25, -0.2) is 10.6 Å². The molecule has 1 aromatic rings. The van der Waals surface area contributed by atoms with Gasteiger partial charge in [0.25, 0.3) is 0 Å². The minimum absolute atomic E-state index is 0.274. The second-order valence-corrected chi connectivity index (χ2v) is 2.82. The monoisotopic (exact) mass is 194 g/mol. The van der Waals surface area contributed by atoms with E-state index in [0.29, 0.717) is 13.1 Å². The predicted octanol–water partition coefficient (Wildman–Crippen LogP) is 0.487. The van der Waals surface area contributed by atoms with Crippen LogP contribution in [-0.4, -0.2) is 22.5 Å². The molecule has 0 aliphatic carbocycles.